The van der Waals surface area contributed by atoms with Crippen LogP contribution in [0.3, 0.4) is 0 Å². The number of aliphatic imine (C=N–C) groups is 1. The van der Waals surface area contributed by atoms with Crippen LogP contribution in [0.15, 0.2) is 17.1 Å². The van der Waals surface area contributed by atoms with Gasteiger partial charge in [-0.3, -0.25) is 10.1 Å². The minimum atomic E-state index is -0.478. The molecule has 1 aromatic rings. The number of benzene rings is 1. The fourth-order valence-corrected chi connectivity index (χ4v) is 0.951. The van der Waals surface area contributed by atoms with Crippen molar-refractivity contribution in [3.63, 3.8) is 0 Å². The maximum absolute atomic E-state index is 10.3. The van der Waals surface area contributed by atoms with E-state index in [2.05, 4.69) is 28.4 Å². The summed E-state index contributed by atoms with van der Waals surface area (Å²) < 4.78 is 0. The molecule has 0 aliphatic carbocycles. The smallest absolute Gasteiger partial charge is 0.163 e. The molecule has 0 saturated carbocycles. The zero-order chi connectivity index (χ0) is 9.84. The van der Waals surface area contributed by atoms with E-state index in [1.165, 1.54) is 12.1 Å². The van der Waals surface area contributed by atoms with Crippen molar-refractivity contribution >= 4 is 28.8 Å². The minimum Gasteiger partial charge on any atom is -0.270 e. The van der Waals surface area contributed by atoms with E-state index in [-0.39, 0.29) is 38.4 Å². The molecule has 1 rings (SSSR count). The van der Waals surface area contributed by atoms with Crippen molar-refractivity contribution in [3.8, 4) is 0 Å². The van der Waals surface area contributed by atoms with Crippen molar-refractivity contribution in [2.75, 3.05) is 0 Å². The molecule has 1 aromatic carbocycles. The van der Waals surface area contributed by atoms with E-state index in [1.54, 1.807) is 6.92 Å². The molecule has 0 bridgehead atoms. The van der Waals surface area contributed by atoms with E-state index < -0.39 is 4.92 Å². The Morgan fingerprint density at radius 2 is 2.36 bits per heavy atom. The van der Waals surface area contributed by atoms with Crippen LogP contribution >= 0.6 is 12.2 Å². The van der Waals surface area contributed by atoms with Crippen LogP contribution in [-0.2, 0) is 32.7 Å². The fourth-order valence-electron chi connectivity index (χ4n) is 0.859. The number of nitro benzene ring substituents is 1. The Morgan fingerprint density at radius 1 is 1.71 bits per heavy atom. The van der Waals surface area contributed by atoms with Gasteiger partial charge in [0.15, 0.2) is 5.69 Å². The number of hydrogen-bond donors (Lipinski definition) is 0. The topological polar surface area (TPSA) is 55.5 Å². The Morgan fingerprint density at radius 3 is 2.79 bits per heavy atom. The summed E-state index contributed by atoms with van der Waals surface area (Å²) in [5.74, 6) is 0. The number of thiocarbonyl (C=S) groups is 1. The van der Waals surface area contributed by atoms with Gasteiger partial charge >= 0.3 is 0 Å². The predicted molar refractivity (Wildman–Crippen MR) is 51.4 cm³/mol. The molecule has 0 amide bonds. The quantitative estimate of drug-likeness (QED) is 0.275. The number of isothiocyanates is 1. The van der Waals surface area contributed by atoms with Gasteiger partial charge in [-0.1, -0.05) is 19.1 Å². The van der Waals surface area contributed by atoms with E-state index in [1.807, 2.05) is 0 Å². The third kappa shape index (κ3) is 3.35. The summed E-state index contributed by atoms with van der Waals surface area (Å²) in [6.07, 6.45) is 0. The summed E-state index contributed by atoms with van der Waals surface area (Å²) in [6.45, 7) is 1.70. The largest absolute Gasteiger partial charge is 0.270 e. The molecule has 0 atom stereocenters. The van der Waals surface area contributed by atoms with Crippen LogP contribution in [0.1, 0.15) is 5.56 Å². The van der Waals surface area contributed by atoms with Crippen molar-refractivity contribution in [2.45, 2.75) is 6.92 Å². The first kappa shape index (κ1) is 13.5. The molecule has 69 valence electrons. The molecular formula is C8H5N2O2SY-. The second-order valence-electron chi connectivity index (χ2n) is 2.35. The molecule has 0 saturated heterocycles. The van der Waals surface area contributed by atoms with Crippen LogP contribution in [0.25, 0.3) is 0 Å². The molecule has 0 heterocycles. The van der Waals surface area contributed by atoms with Crippen LogP contribution in [0.4, 0.5) is 11.4 Å². The number of nitrogens with zero attached hydrogens (tertiary/aromatic N) is 2. The molecule has 4 nitrogen and oxygen atoms in total. The zero-order valence-corrected chi connectivity index (χ0v) is 11.0. The fraction of sp³-hybridized carbons (Fsp3) is 0.125. The first-order valence-electron chi connectivity index (χ1n) is 3.39. The Hall–Kier alpha value is -0.476. The van der Waals surface area contributed by atoms with Gasteiger partial charge in [0.2, 0.25) is 0 Å². The van der Waals surface area contributed by atoms with Crippen LogP contribution < -0.4 is 0 Å². The van der Waals surface area contributed by atoms with Crippen molar-refractivity contribution < 1.29 is 37.6 Å². The minimum absolute atomic E-state index is 0. The summed E-state index contributed by atoms with van der Waals surface area (Å²) in [5.41, 5.74) is 1.15. The normalized spacial score (nSPS) is 8.36. The number of aryl methyl sites for hydroxylation is 1. The maximum atomic E-state index is 10.3. The van der Waals surface area contributed by atoms with Gasteiger partial charge in [-0.15, -0.1) is 11.6 Å². The van der Waals surface area contributed by atoms with Crippen molar-refractivity contribution in [3.05, 3.63) is 33.9 Å². The summed E-state index contributed by atoms with van der Waals surface area (Å²) >= 11 is 4.41. The van der Waals surface area contributed by atoms with Crippen molar-refractivity contribution in [2.24, 2.45) is 4.99 Å². The number of rotatable bonds is 2. The summed E-state index contributed by atoms with van der Waals surface area (Å²) in [6, 6.07) is 5.33. The van der Waals surface area contributed by atoms with Crippen LogP contribution in [0.5, 0.6) is 0 Å². The third-order valence-corrected chi connectivity index (χ3v) is 1.55. The molecule has 0 unspecified atom stereocenters. The molecule has 0 N–H and O–H groups in total. The number of non-ortho nitro benzene ring substituents is 1. The molecule has 0 aromatic heterocycles. The number of hydrogen-bond acceptors (Lipinski definition) is 4. The van der Waals surface area contributed by atoms with E-state index >= 15 is 0 Å². The Labute approximate surface area is 111 Å². The van der Waals surface area contributed by atoms with E-state index in [0.29, 0.717) is 11.3 Å². The first-order chi connectivity index (χ1) is 6.15. The Bertz CT molecular complexity index is 402. The van der Waals surface area contributed by atoms with Crippen molar-refractivity contribution in [1.29, 1.82) is 0 Å². The van der Waals surface area contributed by atoms with Crippen LogP contribution in [-0.4, -0.2) is 10.1 Å². The third-order valence-electron chi connectivity index (χ3n) is 1.46. The molecule has 0 aliphatic rings. The van der Waals surface area contributed by atoms with Gasteiger partial charge in [0.05, 0.1) is 5.16 Å². The molecule has 6 heteroatoms. The molecule has 0 aliphatic heterocycles. The molecule has 0 spiro atoms. The van der Waals surface area contributed by atoms with Gasteiger partial charge in [-0.25, -0.2) is 4.99 Å². The molecule has 0 fully saturated rings. The van der Waals surface area contributed by atoms with Gasteiger partial charge in [-0.05, 0) is 17.9 Å². The Balaban J connectivity index is 0.00000169. The molecule has 14 heavy (non-hydrogen) atoms. The van der Waals surface area contributed by atoms with E-state index in [4.69, 9.17) is 0 Å². The summed E-state index contributed by atoms with van der Waals surface area (Å²) in [4.78, 5) is 13.6. The van der Waals surface area contributed by atoms with E-state index in [9.17, 15) is 10.1 Å². The van der Waals surface area contributed by atoms with Gasteiger partial charge < -0.3 is 0 Å². The van der Waals surface area contributed by atoms with Gasteiger partial charge in [-0.2, -0.15) is 0 Å². The van der Waals surface area contributed by atoms with E-state index in [0.717, 1.165) is 0 Å². The SMILES string of the molecule is Cc1cc([N+](=O)[O-])c[c-]c1N=C=S.[Y]. The van der Waals surface area contributed by atoms with Gasteiger partial charge in [0.25, 0.3) is 0 Å². The second-order valence-corrected chi connectivity index (χ2v) is 2.53. The standard InChI is InChI=1S/C8H5N2O2S.Y/c1-6-4-7(10(11)12)2-3-8(6)9-5-13;/h2,4H,1H3;/q-1;. The van der Waals surface area contributed by atoms with Crippen molar-refractivity contribution in [1.82, 2.24) is 0 Å². The Kier molecular flexibility index (Phi) is 5.88. The average molecular weight is 282 g/mol. The number of nitro groups is 1. The van der Waals surface area contributed by atoms with Crippen LogP contribution in [0.2, 0.25) is 0 Å². The molecular weight excluding hydrogens is 277 g/mol. The predicted octanol–water partition coefficient (Wildman–Crippen LogP) is 2.44. The maximum Gasteiger partial charge on any atom is 0.163 e. The monoisotopic (exact) mass is 282 g/mol. The second kappa shape index (κ2) is 6.09. The molecule has 1 radical (unpaired) electrons. The average Bonchev–Trinajstić information content (AvgIpc) is 2.08. The zero-order valence-electron chi connectivity index (χ0n) is 7.35. The first-order valence-corrected chi connectivity index (χ1v) is 3.80. The van der Waals surface area contributed by atoms with Gasteiger partial charge in [0.1, 0.15) is 0 Å². The van der Waals surface area contributed by atoms with Gasteiger partial charge in [0, 0.05) is 37.6 Å². The summed E-state index contributed by atoms with van der Waals surface area (Å²) in [5, 5.41) is 12.5. The van der Waals surface area contributed by atoms with Crippen LogP contribution in [0, 0.1) is 23.1 Å². The summed E-state index contributed by atoms with van der Waals surface area (Å²) in [7, 11) is 0.